The number of hydrogen-bond acceptors (Lipinski definition) is 1. The Kier molecular flexibility index (Phi) is 8.53. The predicted octanol–water partition coefficient (Wildman–Crippen LogP) is 0.366. The van der Waals surface area contributed by atoms with Gasteiger partial charge in [0.25, 0.3) is 0 Å². The van der Waals surface area contributed by atoms with Gasteiger partial charge in [-0.3, -0.25) is 0 Å². The third-order valence-electron chi connectivity index (χ3n) is 2.42. The van der Waals surface area contributed by atoms with Gasteiger partial charge in [0.15, 0.2) is 5.96 Å². The normalized spacial score (nSPS) is 12.5. The second-order valence-corrected chi connectivity index (χ2v) is 10.8. The Hall–Kier alpha value is -1.23. The molecule has 0 unspecified atom stereocenters. The molecule has 0 N–H and O–H groups in total. The zero-order valence-electron chi connectivity index (χ0n) is 15.1. The molecule has 0 atom stereocenters. The molecule has 0 saturated carbocycles. The van der Waals surface area contributed by atoms with E-state index in [0.717, 1.165) is 11.6 Å². The number of rotatable bonds is 2. The second kappa shape index (κ2) is 9.04. The summed E-state index contributed by atoms with van der Waals surface area (Å²) in [5, 5.41) is 0. The van der Waals surface area contributed by atoms with Crippen LogP contribution in [0.25, 0.3) is 4.98 Å². The van der Waals surface area contributed by atoms with Crippen LogP contribution in [0.2, 0.25) is 19.6 Å². The molecule has 5 nitrogen and oxygen atoms in total. The summed E-state index contributed by atoms with van der Waals surface area (Å²) in [6.45, 7) is 6.57. The summed E-state index contributed by atoms with van der Waals surface area (Å²) in [6, 6.07) is 9.83. The van der Waals surface area contributed by atoms with Gasteiger partial charge in [0.1, 0.15) is 0 Å². The van der Waals surface area contributed by atoms with Crippen LogP contribution in [0.4, 0.5) is 5.69 Å². The maximum Gasteiger partial charge on any atom is 1.00 e. The summed E-state index contributed by atoms with van der Waals surface area (Å²) in [6.07, 6.45) is 0. The maximum atomic E-state index is 4.78. The maximum absolute atomic E-state index is 4.78. The minimum Gasteiger partial charge on any atom is -0.432 e. The number of para-hydroxylation sites is 1. The van der Waals surface area contributed by atoms with Gasteiger partial charge in [-0.1, -0.05) is 37.8 Å². The topological polar surface area (TPSA) is 45.3 Å². The molecule has 0 aliphatic heterocycles. The molecular weight excluding hydrogens is 285 g/mol. The zero-order chi connectivity index (χ0) is 16.0. The van der Waals surface area contributed by atoms with Gasteiger partial charge >= 0.3 is 18.9 Å². The molecule has 0 heterocycles. The Morgan fingerprint density at radius 2 is 1.50 bits per heavy atom. The van der Waals surface area contributed by atoms with E-state index in [0.29, 0.717) is 5.96 Å². The van der Waals surface area contributed by atoms with Crippen LogP contribution in [-0.4, -0.2) is 58.1 Å². The van der Waals surface area contributed by atoms with Crippen LogP contribution in [-0.2, 0) is 0 Å². The van der Waals surface area contributed by atoms with E-state index in [2.05, 4.69) is 29.6 Å². The van der Waals surface area contributed by atoms with Crippen LogP contribution in [0.5, 0.6) is 0 Å². The van der Waals surface area contributed by atoms with Gasteiger partial charge in [-0.15, -0.1) is 0 Å². The van der Waals surface area contributed by atoms with Gasteiger partial charge in [-0.05, 0) is 26.2 Å². The Labute approximate surface area is 147 Å². The van der Waals surface area contributed by atoms with Crippen molar-refractivity contribution in [2.45, 2.75) is 19.6 Å². The first-order valence-electron chi connectivity index (χ1n) is 6.99. The van der Waals surface area contributed by atoms with Gasteiger partial charge in [0.2, 0.25) is 0 Å². The van der Waals surface area contributed by atoms with Crippen molar-refractivity contribution in [2.24, 2.45) is 9.98 Å². The summed E-state index contributed by atoms with van der Waals surface area (Å²) in [7, 11) is 6.19. The van der Waals surface area contributed by atoms with Gasteiger partial charge in [0, 0.05) is 20.1 Å². The second-order valence-electron chi connectivity index (χ2n) is 6.23. The summed E-state index contributed by atoms with van der Waals surface area (Å²) < 4.78 is 0. The van der Waals surface area contributed by atoms with E-state index in [-0.39, 0.29) is 18.9 Å². The molecule has 1 rings (SSSR count). The van der Waals surface area contributed by atoms with Gasteiger partial charge in [0.05, 0.1) is 13.9 Å². The van der Waals surface area contributed by atoms with E-state index in [9.17, 15) is 0 Å². The number of aliphatic imine (C=N–C) groups is 2. The molecule has 1 aromatic rings. The van der Waals surface area contributed by atoms with E-state index in [1.54, 1.807) is 0 Å². The number of hydrogen-bond donors (Lipinski definition) is 0. The fourth-order valence-electron chi connectivity index (χ4n) is 1.46. The molecular formula is C15H26LiN5Si. The van der Waals surface area contributed by atoms with Crippen LogP contribution in [0.1, 0.15) is 0 Å². The zero-order valence-corrected chi connectivity index (χ0v) is 16.1. The SMILES string of the molecule is CN(C)C(=Nc1ccccc1)/N=C(\[N-][Si](C)(C)C)N(C)C.[Li+]. The van der Waals surface area contributed by atoms with Crippen molar-refractivity contribution >= 4 is 25.8 Å². The number of guanidine groups is 2. The molecule has 0 aromatic heterocycles. The largest absolute Gasteiger partial charge is 1.00 e. The molecule has 0 radical (unpaired) electrons. The predicted molar refractivity (Wildman–Crippen MR) is 95.1 cm³/mol. The molecule has 0 amide bonds. The summed E-state index contributed by atoms with van der Waals surface area (Å²) in [5.74, 6) is 1.37. The molecule has 0 aliphatic rings. The monoisotopic (exact) mass is 311 g/mol. The van der Waals surface area contributed by atoms with Gasteiger partial charge in [-0.2, -0.15) is 0 Å². The first-order valence-corrected chi connectivity index (χ1v) is 10.4. The van der Waals surface area contributed by atoms with E-state index in [4.69, 9.17) is 4.98 Å². The van der Waals surface area contributed by atoms with Crippen molar-refractivity contribution in [3.63, 3.8) is 0 Å². The van der Waals surface area contributed by atoms with Crippen LogP contribution >= 0.6 is 0 Å². The van der Waals surface area contributed by atoms with Crippen LogP contribution < -0.4 is 18.9 Å². The first kappa shape index (κ1) is 20.8. The van der Waals surface area contributed by atoms with Crippen molar-refractivity contribution in [1.82, 2.24) is 9.80 Å². The number of nitrogens with zero attached hydrogens (tertiary/aromatic N) is 5. The molecule has 0 spiro atoms. The quantitative estimate of drug-likeness (QED) is 0.450. The van der Waals surface area contributed by atoms with Crippen LogP contribution in [0, 0.1) is 0 Å². The Morgan fingerprint density at radius 3 is 1.91 bits per heavy atom. The average Bonchev–Trinajstić information content (AvgIpc) is 2.36. The Morgan fingerprint density at radius 1 is 0.955 bits per heavy atom. The first-order chi connectivity index (χ1) is 9.69. The molecule has 116 valence electrons. The summed E-state index contributed by atoms with van der Waals surface area (Å²) in [4.78, 5) is 17.8. The smallest absolute Gasteiger partial charge is 0.432 e. The van der Waals surface area contributed by atoms with E-state index in [1.807, 2.05) is 68.3 Å². The van der Waals surface area contributed by atoms with Crippen LogP contribution in [0.3, 0.4) is 0 Å². The fourth-order valence-corrected chi connectivity index (χ4v) is 2.31. The molecule has 0 saturated heterocycles. The van der Waals surface area contributed by atoms with Gasteiger partial charge < -0.3 is 19.8 Å². The third kappa shape index (κ3) is 7.69. The van der Waals surface area contributed by atoms with Crippen LogP contribution in [0.15, 0.2) is 40.3 Å². The van der Waals surface area contributed by atoms with Crippen molar-refractivity contribution in [3.05, 3.63) is 35.3 Å². The van der Waals surface area contributed by atoms with Gasteiger partial charge in [-0.25, -0.2) is 4.99 Å². The minimum absolute atomic E-state index is 0. The van der Waals surface area contributed by atoms with Crippen molar-refractivity contribution in [3.8, 4) is 0 Å². The molecule has 7 heteroatoms. The van der Waals surface area contributed by atoms with Crippen molar-refractivity contribution < 1.29 is 18.9 Å². The summed E-state index contributed by atoms with van der Waals surface area (Å²) in [5.41, 5.74) is 0.885. The number of benzene rings is 1. The minimum atomic E-state index is -1.60. The van der Waals surface area contributed by atoms with E-state index in [1.165, 1.54) is 0 Å². The molecule has 0 fully saturated rings. The van der Waals surface area contributed by atoms with Crippen molar-refractivity contribution in [2.75, 3.05) is 28.2 Å². The Bertz CT molecular complexity index is 506. The standard InChI is InChI=1S/C15H26N5Si.Li/c1-19(2)14(16-13-11-9-8-10-12-13)17-15(20(3)4)18-21(5,6)7;/h8-12H,1-7H3;/q-1;+1. The average molecular weight is 311 g/mol. The molecule has 1 aromatic carbocycles. The third-order valence-corrected chi connectivity index (χ3v) is 3.29. The molecule has 22 heavy (non-hydrogen) atoms. The van der Waals surface area contributed by atoms with E-state index < -0.39 is 8.24 Å². The molecule has 0 bridgehead atoms. The summed E-state index contributed by atoms with van der Waals surface area (Å²) >= 11 is 0. The Balaban J connectivity index is 0.00000441. The fraction of sp³-hybridized carbons (Fsp3) is 0.467. The van der Waals surface area contributed by atoms with E-state index >= 15 is 0 Å². The van der Waals surface area contributed by atoms with Crippen molar-refractivity contribution in [1.29, 1.82) is 0 Å². The molecule has 0 aliphatic carbocycles.